The SMILES string of the molecule is COc1ccccc1-c1cnc(Cl)nc1. The smallest absolute Gasteiger partial charge is 0.222 e. The molecule has 76 valence electrons. The molecule has 3 nitrogen and oxygen atoms in total. The van der Waals surface area contributed by atoms with E-state index in [0.29, 0.717) is 0 Å². The van der Waals surface area contributed by atoms with Crippen LogP contribution in [0.25, 0.3) is 11.1 Å². The molecule has 0 amide bonds. The van der Waals surface area contributed by atoms with Gasteiger partial charge in [-0.25, -0.2) is 9.97 Å². The summed E-state index contributed by atoms with van der Waals surface area (Å²) in [7, 11) is 1.63. The Kier molecular flexibility index (Phi) is 2.83. The van der Waals surface area contributed by atoms with Gasteiger partial charge in [0.2, 0.25) is 5.28 Å². The number of hydrogen-bond acceptors (Lipinski definition) is 3. The lowest BCUT2D eigenvalue weighted by atomic mass is 10.1. The van der Waals surface area contributed by atoms with Crippen LogP contribution in [0.3, 0.4) is 0 Å². The second kappa shape index (κ2) is 4.28. The predicted molar refractivity (Wildman–Crippen MR) is 59.0 cm³/mol. The fourth-order valence-corrected chi connectivity index (χ4v) is 1.43. The molecule has 0 aliphatic carbocycles. The first-order valence-corrected chi connectivity index (χ1v) is 4.80. The predicted octanol–water partition coefficient (Wildman–Crippen LogP) is 2.81. The van der Waals surface area contributed by atoms with E-state index >= 15 is 0 Å². The highest BCUT2D eigenvalue weighted by Crippen LogP contribution is 2.28. The number of aromatic nitrogens is 2. The summed E-state index contributed by atoms with van der Waals surface area (Å²) >= 11 is 5.62. The third-order valence-corrected chi connectivity index (χ3v) is 2.23. The van der Waals surface area contributed by atoms with E-state index in [4.69, 9.17) is 16.3 Å². The minimum Gasteiger partial charge on any atom is -0.496 e. The Balaban J connectivity index is 2.49. The highest BCUT2D eigenvalue weighted by molar-refractivity contribution is 6.28. The number of halogens is 1. The van der Waals surface area contributed by atoms with Crippen LogP contribution >= 0.6 is 11.6 Å². The number of benzene rings is 1. The van der Waals surface area contributed by atoms with E-state index in [1.54, 1.807) is 19.5 Å². The summed E-state index contributed by atoms with van der Waals surface area (Å²) in [6.45, 7) is 0. The standard InChI is InChI=1S/C11H9ClN2O/c1-15-10-5-3-2-4-9(10)8-6-13-11(12)14-7-8/h2-7H,1H3. The van der Waals surface area contributed by atoms with Crippen LogP contribution in [0.15, 0.2) is 36.7 Å². The highest BCUT2D eigenvalue weighted by atomic mass is 35.5. The van der Waals surface area contributed by atoms with Crippen molar-refractivity contribution in [1.82, 2.24) is 9.97 Å². The highest BCUT2D eigenvalue weighted by Gasteiger charge is 2.04. The van der Waals surface area contributed by atoms with E-state index < -0.39 is 0 Å². The lowest BCUT2D eigenvalue weighted by Gasteiger charge is -2.06. The Labute approximate surface area is 92.7 Å². The fraction of sp³-hybridized carbons (Fsp3) is 0.0909. The van der Waals surface area contributed by atoms with Crippen molar-refractivity contribution in [2.24, 2.45) is 0 Å². The molecule has 1 heterocycles. The quantitative estimate of drug-likeness (QED) is 0.730. The van der Waals surface area contributed by atoms with Crippen LogP contribution in [0, 0.1) is 0 Å². The molecule has 0 saturated heterocycles. The first kappa shape index (κ1) is 9.93. The molecule has 0 atom stereocenters. The Morgan fingerprint density at radius 3 is 2.47 bits per heavy atom. The summed E-state index contributed by atoms with van der Waals surface area (Å²) in [5.41, 5.74) is 1.84. The van der Waals surface area contributed by atoms with Crippen molar-refractivity contribution in [2.75, 3.05) is 7.11 Å². The van der Waals surface area contributed by atoms with Crippen LogP contribution in [0.2, 0.25) is 5.28 Å². The van der Waals surface area contributed by atoms with Crippen molar-refractivity contribution < 1.29 is 4.74 Å². The number of rotatable bonds is 2. The van der Waals surface area contributed by atoms with Gasteiger partial charge < -0.3 is 4.74 Å². The number of para-hydroxylation sites is 1. The number of hydrogen-bond donors (Lipinski definition) is 0. The molecule has 0 unspecified atom stereocenters. The molecule has 0 fully saturated rings. The molecule has 0 saturated carbocycles. The molecule has 1 aromatic carbocycles. The van der Waals surface area contributed by atoms with Gasteiger partial charge in [-0.15, -0.1) is 0 Å². The molecule has 0 aliphatic heterocycles. The molecule has 0 spiro atoms. The van der Waals surface area contributed by atoms with E-state index in [-0.39, 0.29) is 5.28 Å². The minimum atomic E-state index is 0.244. The zero-order chi connectivity index (χ0) is 10.7. The van der Waals surface area contributed by atoms with Gasteiger partial charge in [0.1, 0.15) is 5.75 Å². The summed E-state index contributed by atoms with van der Waals surface area (Å²) in [5.74, 6) is 0.795. The maximum Gasteiger partial charge on any atom is 0.222 e. The van der Waals surface area contributed by atoms with Gasteiger partial charge in [0, 0.05) is 23.5 Å². The average Bonchev–Trinajstić information content (AvgIpc) is 2.30. The molecule has 2 aromatic rings. The van der Waals surface area contributed by atoms with E-state index in [2.05, 4.69) is 9.97 Å². The average molecular weight is 221 g/mol. The Morgan fingerprint density at radius 1 is 1.13 bits per heavy atom. The number of nitrogens with zero attached hydrogens (tertiary/aromatic N) is 2. The molecule has 15 heavy (non-hydrogen) atoms. The third-order valence-electron chi connectivity index (χ3n) is 2.04. The van der Waals surface area contributed by atoms with E-state index in [0.717, 1.165) is 16.9 Å². The minimum absolute atomic E-state index is 0.244. The van der Waals surface area contributed by atoms with Gasteiger partial charge in [0.25, 0.3) is 0 Å². The zero-order valence-corrected chi connectivity index (χ0v) is 8.90. The summed E-state index contributed by atoms with van der Waals surface area (Å²) in [5, 5.41) is 0.244. The topological polar surface area (TPSA) is 35.0 Å². The van der Waals surface area contributed by atoms with Crippen molar-refractivity contribution in [1.29, 1.82) is 0 Å². The first-order valence-electron chi connectivity index (χ1n) is 4.42. The molecule has 0 radical (unpaired) electrons. The van der Waals surface area contributed by atoms with Gasteiger partial charge in [-0.05, 0) is 17.7 Å². The largest absolute Gasteiger partial charge is 0.496 e. The second-order valence-corrected chi connectivity index (χ2v) is 3.28. The molecule has 4 heteroatoms. The maximum absolute atomic E-state index is 5.62. The normalized spacial score (nSPS) is 10.0. The maximum atomic E-state index is 5.62. The number of ether oxygens (including phenoxy) is 1. The molecule has 0 N–H and O–H groups in total. The zero-order valence-electron chi connectivity index (χ0n) is 8.14. The van der Waals surface area contributed by atoms with Crippen LogP contribution in [0.4, 0.5) is 0 Å². The van der Waals surface area contributed by atoms with Gasteiger partial charge in [-0.3, -0.25) is 0 Å². The van der Waals surface area contributed by atoms with Gasteiger partial charge in [-0.1, -0.05) is 18.2 Å². The summed E-state index contributed by atoms with van der Waals surface area (Å²) in [6, 6.07) is 7.70. The van der Waals surface area contributed by atoms with Crippen LogP contribution in [-0.2, 0) is 0 Å². The molecule has 1 aromatic heterocycles. The van der Waals surface area contributed by atoms with E-state index in [1.165, 1.54) is 0 Å². The molecule has 0 bridgehead atoms. The summed E-state index contributed by atoms with van der Waals surface area (Å²) in [6.07, 6.45) is 3.35. The summed E-state index contributed by atoms with van der Waals surface area (Å²) in [4.78, 5) is 7.86. The second-order valence-electron chi connectivity index (χ2n) is 2.94. The van der Waals surface area contributed by atoms with Gasteiger partial charge in [0.05, 0.1) is 7.11 Å². The van der Waals surface area contributed by atoms with Gasteiger partial charge in [0.15, 0.2) is 0 Å². The molecule has 2 rings (SSSR count). The molecular formula is C11H9ClN2O. The number of methoxy groups -OCH3 is 1. The monoisotopic (exact) mass is 220 g/mol. The van der Waals surface area contributed by atoms with E-state index in [9.17, 15) is 0 Å². The van der Waals surface area contributed by atoms with Crippen LogP contribution in [0.5, 0.6) is 5.75 Å². The van der Waals surface area contributed by atoms with Crippen LogP contribution in [-0.4, -0.2) is 17.1 Å². The van der Waals surface area contributed by atoms with Crippen LogP contribution < -0.4 is 4.74 Å². The summed E-state index contributed by atoms with van der Waals surface area (Å²) < 4.78 is 5.24. The third kappa shape index (κ3) is 2.07. The van der Waals surface area contributed by atoms with Crippen molar-refractivity contribution in [3.8, 4) is 16.9 Å². The fourth-order valence-electron chi connectivity index (χ4n) is 1.33. The Hall–Kier alpha value is -1.61. The first-order chi connectivity index (χ1) is 7.31. The lowest BCUT2D eigenvalue weighted by Crippen LogP contribution is -1.89. The molecular weight excluding hydrogens is 212 g/mol. The van der Waals surface area contributed by atoms with Crippen molar-refractivity contribution in [3.63, 3.8) is 0 Å². The van der Waals surface area contributed by atoms with Gasteiger partial charge in [-0.2, -0.15) is 0 Å². The lowest BCUT2D eigenvalue weighted by molar-refractivity contribution is 0.416. The van der Waals surface area contributed by atoms with Crippen molar-refractivity contribution in [3.05, 3.63) is 41.9 Å². The van der Waals surface area contributed by atoms with Crippen molar-refractivity contribution >= 4 is 11.6 Å². The van der Waals surface area contributed by atoms with Gasteiger partial charge >= 0.3 is 0 Å². The molecule has 0 aliphatic rings. The van der Waals surface area contributed by atoms with Crippen molar-refractivity contribution in [2.45, 2.75) is 0 Å². The Morgan fingerprint density at radius 2 is 1.80 bits per heavy atom. The van der Waals surface area contributed by atoms with Crippen LogP contribution in [0.1, 0.15) is 0 Å². The van der Waals surface area contributed by atoms with E-state index in [1.807, 2.05) is 24.3 Å². The Bertz CT molecular complexity index is 456.